The Bertz CT molecular complexity index is 1260. The van der Waals surface area contributed by atoms with Crippen LogP contribution in [0.2, 0.25) is 5.02 Å². The van der Waals surface area contributed by atoms with Gasteiger partial charge in [-0.25, -0.2) is 18.2 Å². The number of hydrogen-bond donors (Lipinski definition) is 1. The quantitative estimate of drug-likeness (QED) is 0.333. The van der Waals surface area contributed by atoms with Crippen molar-refractivity contribution in [1.29, 1.82) is 0 Å². The fourth-order valence-corrected chi connectivity index (χ4v) is 4.64. The van der Waals surface area contributed by atoms with Gasteiger partial charge in [-0.2, -0.15) is 9.41 Å². The minimum absolute atomic E-state index is 0.0604. The molecule has 1 amide bonds. The Kier molecular flexibility index (Phi) is 8.55. The standard InChI is InChI=1S/C25H25ClFN3O3S/c1-18(2)20-9-7-19(8-10-20)15-28-29-25(31)17-30(16-21-5-3-4-6-24(21)27)34(32,33)23-13-11-22(26)12-14-23/h3-15,18H,16-17H2,1-2H3,(H,29,31)/b28-15-. The molecular formula is C25H25ClFN3O3S. The molecule has 0 aromatic heterocycles. The molecule has 0 aliphatic heterocycles. The third-order valence-electron chi connectivity index (χ3n) is 5.08. The number of halogens is 2. The van der Waals surface area contributed by atoms with Gasteiger partial charge >= 0.3 is 0 Å². The summed E-state index contributed by atoms with van der Waals surface area (Å²) in [5.74, 6) is -0.834. The second-order valence-electron chi connectivity index (χ2n) is 7.93. The maximum absolute atomic E-state index is 14.2. The molecule has 0 spiro atoms. The zero-order valence-electron chi connectivity index (χ0n) is 18.8. The molecule has 0 atom stereocenters. The summed E-state index contributed by atoms with van der Waals surface area (Å²) < 4.78 is 41.6. The van der Waals surface area contributed by atoms with Crippen molar-refractivity contribution in [2.75, 3.05) is 6.54 Å². The number of amides is 1. The molecule has 0 aliphatic rings. The highest BCUT2D eigenvalue weighted by atomic mass is 35.5. The molecule has 0 fully saturated rings. The van der Waals surface area contributed by atoms with E-state index < -0.39 is 28.3 Å². The van der Waals surface area contributed by atoms with E-state index in [9.17, 15) is 17.6 Å². The first-order chi connectivity index (χ1) is 16.2. The molecule has 3 aromatic rings. The first kappa shape index (κ1) is 25.6. The van der Waals surface area contributed by atoms with Crippen LogP contribution in [-0.2, 0) is 21.4 Å². The number of hydrazone groups is 1. The second kappa shape index (κ2) is 11.4. The van der Waals surface area contributed by atoms with Crippen LogP contribution < -0.4 is 5.43 Å². The molecule has 9 heteroatoms. The highest BCUT2D eigenvalue weighted by Gasteiger charge is 2.27. The topological polar surface area (TPSA) is 78.8 Å². The number of carbonyl (C=O) groups is 1. The summed E-state index contributed by atoms with van der Waals surface area (Å²) in [6.07, 6.45) is 1.47. The number of hydrogen-bond acceptors (Lipinski definition) is 4. The van der Waals surface area contributed by atoms with Gasteiger partial charge in [0.05, 0.1) is 17.7 Å². The van der Waals surface area contributed by atoms with Gasteiger partial charge in [0.1, 0.15) is 5.82 Å². The predicted molar refractivity (Wildman–Crippen MR) is 132 cm³/mol. The number of nitrogens with zero attached hydrogens (tertiary/aromatic N) is 2. The average molecular weight is 502 g/mol. The first-order valence-electron chi connectivity index (χ1n) is 10.6. The van der Waals surface area contributed by atoms with Crippen LogP contribution in [0.5, 0.6) is 0 Å². The number of sulfonamides is 1. The predicted octanol–water partition coefficient (Wildman–Crippen LogP) is 4.94. The number of carbonyl (C=O) groups excluding carboxylic acids is 1. The Morgan fingerprint density at radius 1 is 1.06 bits per heavy atom. The lowest BCUT2D eigenvalue weighted by Gasteiger charge is -2.21. The van der Waals surface area contributed by atoms with Crippen LogP contribution in [0.1, 0.15) is 36.5 Å². The van der Waals surface area contributed by atoms with Crippen LogP contribution in [0.15, 0.2) is 82.8 Å². The van der Waals surface area contributed by atoms with E-state index >= 15 is 0 Å². The van der Waals surface area contributed by atoms with Crippen molar-refractivity contribution in [3.05, 3.63) is 100 Å². The summed E-state index contributed by atoms with van der Waals surface area (Å²) in [7, 11) is -4.12. The molecule has 0 unspecified atom stereocenters. The maximum atomic E-state index is 14.2. The van der Waals surface area contributed by atoms with Gasteiger partial charge in [0.2, 0.25) is 10.0 Å². The summed E-state index contributed by atoms with van der Waals surface area (Å²) >= 11 is 5.87. The number of rotatable bonds is 9. The summed E-state index contributed by atoms with van der Waals surface area (Å²) in [6, 6.07) is 19.0. The minimum Gasteiger partial charge on any atom is -0.272 e. The molecule has 3 aromatic carbocycles. The van der Waals surface area contributed by atoms with E-state index in [4.69, 9.17) is 11.6 Å². The zero-order valence-corrected chi connectivity index (χ0v) is 20.4. The van der Waals surface area contributed by atoms with E-state index in [0.717, 1.165) is 9.87 Å². The van der Waals surface area contributed by atoms with E-state index in [1.165, 1.54) is 54.2 Å². The lowest BCUT2D eigenvalue weighted by Crippen LogP contribution is -2.39. The van der Waals surface area contributed by atoms with E-state index in [1.54, 1.807) is 6.07 Å². The minimum atomic E-state index is -4.12. The Labute approximate surface area is 204 Å². The van der Waals surface area contributed by atoms with Crippen molar-refractivity contribution in [3.8, 4) is 0 Å². The van der Waals surface area contributed by atoms with Gasteiger partial charge in [0, 0.05) is 17.1 Å². The fourth-order valence-electron chi connectivity index (χ4n) is 3.14. The van der Waals surface area contributed by atoms with Crippen molar-refractivity contribution >= 4 is 33.7 Å². The Balaban J connectivity index is 1.77. The van der Waals surface area contributed by atoms with Gasteiger partial charge in [-0.1, -0.05) is 67.9 Å². The highest BCUT2D eigenvalue weighted by molar-refractivity contribution is 7.89. The summed E-state index contributed by atoms with van der Waals surface area (Å²) in [4.78, 5) is 12.5. The van der Waals surface area contributed by atoms with Crippen LogP contribution in [0.25, 0.3) is 0 Å². The molecule has 0 radical (unpaired) electrons. The zero-order chi connectivity index (χ0) is 24.7. The van der Waals surface area contributed by atoms with Gasteiger partial charge in [-0.15, -0.1) is 0 Å². The van der Waals surface area contributed by atoms with E-state index in [1.807, 2.05) is 24.3 Å². The largest absolute Gasteiger partial charge is 0.272 e. The number of benzene rings is 3. The third-order valence-corrected chi connectivity index (χ3v) is 7.14. The van der Waals surface area contributed by atoms with Crippen LogP contribution in [0, 0.1) is 5.82 Å². The summed E-state index contributed by atoms with van der Waals surface area (Å²) in [6.45, 7) is 3.30. The summed E-state index contributed by atoms with van der Waals surface area (Å²) in [5, 5.41) is 4.29. The van der Waals surface area contributed by atoms with Crippen molar-refractivity contribution in [2.45, 2.75) is 31.2 Å². The Hall–Kier alpha value is -3.07. The second-order valence-corrected chi connectivity index (χ2v) is 10.3. The average Bonchev–Trinajstić information content (AvgIpc) is 2.80. The van der Waals surface area contributed by atoms with Gasteiger partial charge in [-0.05, 0) is 47.4 Å². The lowest BCUT2D eigenvalue weighted by atomic mass is 10.0. The van der Waals surface area contributed by atoms with Crippen LogP contribution in [0.3, 0.4) is 0 Å². The molecular weight excluding hydrogens is 477 g/mol. The van der Waals surface area contributed by atoms with Crippen molar-refractivity contribution < 1.29 is 17.6 Å². The van der Waals surface area contributed by atoms with Crippen molar-refractivity contribution in [3.63, 3.8) is 0 Å². The van der Waals surface area contributed by atoms with Crippen LogP contribution >= 0.6 is 11.6 Å². The van der Waals surface area contributed by atoms with Gasteiger partial charge < -0.3 is 0 Å². The van der Waals surface area contributed by atoms with Gasteiger partial charge in [0.15, 0.2) is 0 Å². The molecule has 0 heterocycles. The van der Waals surface area contributed by atoms with Gasteiger partial charge in [-0.3, -0.25) is 4.79 Å². The fraction of sp³-hybridized carbons (Fsp3) is 0.200. The smallest absolute Gasteiger partial charge is 0.255 e. The molecule has 178 valence electrons. The number of nitrogens with one attached hydrogen (secondary N) is 1. The van der Waals surface area contributed by atoms with E-state index in [-0.39, 0.29) is 17.0 Å². The lowest BCUT2D eigenvalue weighted by molar-refractivity contribution is -0.121. The van der Waals surface area contributed by atoms with Gasteiger partial charge in [0.25, 0.3) is 5.91 Å². The molecule has 0 saturated heterocycles. The SMILES string of the molecule is CC(C)c1ccc(/C=N\NC(=O)CN(Cc2ccccc2F)S(=O)(=O)c2ccc(Cl)cc2)cc1. The molecule has 0 bridgehead atoms. The van der Waals surface area contributed by atoms with Crippen LogP contribution in [-0.4, -0.2) is 31.4 Å². The molecule has 6 nitrogen and oxygen atoms in total. The molecule has 34 heavy (non-hydrogen) atoms. The maximum Gasteiger partial charge on any atom is 0.255 e. The van der Waals surface area contributed by atoms with Crippen LogP contribution in [0.4, 0.5) is 4.39 Å². The Morgan fingerprint density at radius 2 is 1.71 bits per heavy atom. The molecule has 0 saturated carbocycles. The van der Waals surface area contributed by atoms with Crippen molar-refractivity contribution in [2.24, 2.45) is 5.10 Å². The normalized spacial score (nSPS) is 11.9. The first-order valence-corrected chi connectivity index (χ1v) is 12.4. The third kappa shape index (κ3) is 6.72. The van der Waals surface area contributed by atoms with E-state index in [2.05, 4.69) is 24.4 Å². The van der Waals surface area contributed by atoms with Crippen molar-refractivity contribution in [1.82, 2.24) is 9.73 Å². The Morgan fingerprint density at radius 3 is 2.32 bits per heavy atom. The monoisotopic (exact) mass is 501 g/mol. The van der Waals surface area contributed by atoms with E-state index in [0.29, 0.717) is 10.9 Å². The summed E-state index contributed by atoms with van der Waals surface area (Å²) in [5.41, 5.74) is 4.44. The molecule has 1 N–H and O–H groups in total. The molecule has 0 aliphatic carbocycles. The highest BCUT2D eigenvalue weighted by Crippen LogP contribution is 2.21. The molecule has 3 rings (SSSR count).